The summed E-state index contributed by atoms with van der Waals surface area (Å²) >= 11 is 0.664. The lowest BCUT2D eigenvalue weighted by atomic mass is 9.91. The van der Waals surface area contributed by atoms with Crippen molar-refractivity contribution in [3.8, 4) is 0 Å². The van der Waals surface area contributed by atoms with Gasteiger partial charge in [-0.15, -0.1) is 11.3 Å². The molecule has 0 fully saturated rings. The molecule has 0 aromatic carbocycles. The van der Waals surface area contributed by atoms with Crippen LogP contribution in [0, 0.1) is 5.92 Å². The fourth-order valence-corrected chi connectivity index (χ4v) is 2.79. The molecule has 0 aliphatic carbocycles. The van der Waals surface area contributed by atoms with Crippen LogP contribution < -0.4 is 5.73 Å². The minimum Gasteiger partial charge on any atom is -0.323 e. The highest BCUT2D eigenvalue weighted by Crippen LogP contribution is 2.36. The molecule has 2 N–H and O–H groups in total. The monoisotopic (exact) mass is 280 g/mol. The lowest BCUT2D eigenvalue weighted by Gasteiger charge is -2.21. The molecule has 1 heterocycles. The van der Waals surface area contributed by atoms with Gasteiger partial charge < -0.3 is 5.73 Å². The molecule has 0 amide bonds. The Morgan fingerprint density at radius 3 is 2.50 bits per heavy atom. The number of thiazole rings is 1. The van der Waals surface area contributed by atoms with Crippen LogP contribution >= 0.6 is 11.3 Å². The number of alkyl halides is 3. The van der Waals surface area contributed by atoms with E-state index < -0.39 is 11.2 Å². The van der Waals surface area contributed by atoms with Gasteiger partial charge in [-0.2, -0.15) is 13.2 Å². The second-order valence-electron chi connectivity index (χ2n) is 4.40. The molecule has 2 unspecified atom stereocenters. The van der Waals surface area contributed by atoms with Gasteiger partial charge in [0.05, 0.1) is 0 Å². The minimum atomic E-state index is -4.37. The van der Waals surface area contributed by atoms with Crippen molar-refractivity contribution in [1.82, 2.24) is 4.98 Å². The molecule has 2 atom stereocenters. The van der Waals surface area contributed by atoms with Gasteiger partial charge in [0.25, 0.3) is 0 Å². The van der Waals surface area contributed by atoms with Crippen molar-refractivity contribution in [1.29, 1.82) is 0 Å². The minimum absolute atomic E-state index is 0.228. The molecule has 18 heavy (non-hydrogen) atoms. The molecule has 1 aromatic heterocycles. The summed E-state index contributed by atoms with van der Waals surface area (Å²) < 4.78 is 37.4. The van der Waals surface area contributed by atoms with E-state index in [1.807, 2.05) is 6.92 Å². The summed E-state index contributed by atoms with van der Waals surface area (Å²) in [6.45, 7) is 4.11. The summed E-state index contributed by atoms with van der Waals surface area (Å²) in [6, 6.07) is -0.338. The van der Waals surface area contributed by atoms with Crippen molar-refractivity contribution >= 4 is 11.3 Å². The molecule has 0 radical (unpaired) electrons. The Bertz CT molecular complexity index is 362. The van der Waals surface area contributed by atoms with Gasteiger partial charge in [-0.3, -0.25) is 0 Å². The van der Waals surface area contributed by atoms with Crippen LogP contribution in [-0.4, -0.2) is 4.98 Å². The van der Waals surface area contributed by atoms with E-state index >= 15 is 0 Å². The lowest BCUT2D eigenvalue weighted by Crippen LogP contribution is -2.20. The first-order valence-corrected chi connectivity index (χ1v) is 7.00. The molecule has 104 valence electrons. The number of nitrogens with zero attached hydrogens (tertiary/aromatic N) is 1. The van der Waals surface area contributed by atoms with Gasteiger partial charge in [0.15, 0.2) is 5.01 Å². The Kier molecular flexibility index (Phi) is 5.59. The third-order valence-corrected chi connectivity index (χ3v) is 4.20. The molecule has 0 bridgehead atoms. The summed E-state index contributed by atoms with van der Waals surface area (Å²) in [6.07, 6.45) is 0.852. The number of rotatable bonds is 6. The summed E-state index contributed by atoms with van der Waals surface area (Å²) in [5, 5.41) is -0.807. The maximum Gasteiger partial charge on any atom is 0.443 e. The average molecular weight is 280 g/mol. The Morgan fingerprint density at radius 1 is 1.39 bits per heavy atom. The van der Waals surface area contributed by atoms with Crippen LogP contribution in [0.3, 0.4) is 0 Å². The van der Waals surface area contributed by atoms with E-state index in [0.29, 0.717) is 16.2 Å². The van der Waals surface area contributed by atoms with E-state index in [2.05, 4.69) is 11.9 Å². The largest absolute Gasteiger partial charge is 0.443 e. The molecule has 0 saturated heterocycles. The van der Waals surface area contributed by atoms with Crippen molar-refractivity contribution in [2.24, 2.45) is 11.7 Å². The average Bonchev–Trinajstić information content (AvgIpc) is 2.78. The zero-order chi connectivity index (χ0) is 13.8. The normalized spacial score (nSPS) is 15.7. The van der Waals surface area contributed by atoms with Crippen LogP contribution in [-0.2, 0) is 6.18 Å². The number of hydrogen-bond acceptors (Lipinski definition) is 3. The SMILES string of the molecule is CCCCC(CC)C(N)c1cnc(C(F)(F)F)s1. The van der Waals surface area contributed by atoms with Crippen LogP contribution in [0.1, 0.15) is 55.5 Å². The van der Waals surface area contributed by atoms with Gasteiger partial charge in [0.1, 0.15) is 0 Å². The molecule has 0 aliphatic rings. The number of aromatic nitrogens is 1. The van der Waals surface area contributed by atoms with E-state index in [9.17, 15) is 13.2 Å². The van der Waals surface area contributed by atoms with Gasteiger partial charge in [0, 0.05) is 17.1 Å². The van der Waals surface area contributed by atoms with E-state index in [4.69, 9.17) is 5.73 Å². The van der Waals surface area contributed by atoms with Gasteiger partial charge >= 0.3 is 6.18 Å². The number of unbranched alkanes of at least 4 members (excludes halogenated alkanes) is 1. The lowest BCUT2D eigenvalue weighted by molar-refractivity contribution is -0.137. The Morgan fingerprint density at radius 2 is 2.06 bits per heavy atom. The second kappa shape index (κ2) is 6.52. The quantitative estimate of drug-likeness (QED) is 0.840. The smallest absolute Gasteiger partial charge is 0.323 e. The highest BCUT2D eigenvalue weighted by molar-refractivity contribution is 7.11. The van der Waals surface area contributed by atoms with Gasteiger partial charge in [-0.05, 0) is 12.3 Å². The van der Waals surface area contributed by atoms with Crippen LogP contribution in [0.15, 0.2) is 6.20 Å². The molecule has 1 aromatic rings. The van der Waals surface area contributed by atoms with E-state index in [0.717, 1.165) is 25.7 Å². The predicted octanol–water partition coefficient (Wildman–Crippen LogP) is 4.38. The Hall–Kier alpha value is -0.620. The first-order chi connectivity index (χ1) is 8.40. The summed E-state index contributed by atoms with van der Waals surface area (Å²) in [5.41, 5.74) is 6.05. The second-order valence-corrected chi connectivity index (χ2v) is 5.46. The van der Waals surface area contributed by atoms with Crippen molar-refractivity contribution in [2.75, 3.05) is 0 Å². The molecule has 0 saturated carbocycles. The Labute approximate surface area is 109 Å². The zero-order valence-corrected chi connectivity index (χ0v) is 11.4. The fraction of sp³-hybridized carbons (Fsp3) is 0.750. The van der Waals surface area contributed by atoms with Gasteiger partial charge in [-0.1, -0.05) is 33.1 Å². The molecule has 0 spiro atoms. The van der Waals surface area contributed by atoms with Crippen molar-refractivity contribution in [3.05, 3.63) is 16.1 Å². The third kappa shape index (κ3) is 3.95. The van der Waals surface area contributed by atoms with Crippen molar-refractivity contribution in [3.63, 3.8) is 0 Å². The van der Waals surface area contributed by atoms with Crippen LogP contribution in [0.4, 0.5) is 13.2 Å². The predicted molar refractivity (Wildman–Crippen MR) is 67.4 cm³/mol. The zero-order valence-electron chi connectivity index (χ0n) is 10.6. The van der Waals surface area contributed by atoms with E-state index in [1.54, 1.807) is 0 Å². The standard InChI is InChI=1S/C12H19F3N2S/c1-3-5-6-8(4-2)10(16)9-7-17-11(18-9)12(13,14)15/h7-8,10H,3-6,16H2,1-2H3. The van der Waals surface area contributed by atoms with Crippen LogP contribution in [0.25, 0.3) is 0 Å². The van der Waals surface area contributed by atoms with E-state index in [-0.39, 0.29) is 12.0 Å². The molecular formula is C12H19F3N2S. The molecule has 1 rings (SSSR count). The van der Waals surface area contributed by atoms with Crippen molar-refractivity contribution in [2.45, 2.75) is 51.7 Å². The topological polar surface area (TPSA) is 38.9 Å². The Balaban J connectivity index is 2.76. The number of hydrogen-bond donors (Lipinski definition) is 1. The maximum absolute atomic E-state index is 12.5. The maximum atomic E-state index is 12.5. The fourth-order valence-electron chi connectivity index (χ4n) is 1.91. The van der Waals surface area contributed by atoms with Crippen molar-refractivity contribution < 1.29 is 13.2 Å². The number of nitrogens with two attached hydrogens (primary N) is 1. The first-order valence-electron chi connectivity index (χ1n) is 6.18. The van der Waals surface area contributed by atoms with Gasteiger partial charge in [-0.25, -0.2) is 4.98 Å². The molecule has 2 nitrogen and oxygen atoms in total. The first kappa shape index (κ1) is 15.4. The van der Waals surface area contributed by atoms with Gasteiger partial charge in [0.2, 0.25) is 0 Å². The molecule has 0 aliphatic heterocycles. The molecule has 6 heteroatoms. The third-order valence-electron chi connectivity index (χ3n) is 3.06. The number of halogens is 3. The van der Waals surface area contributed by atoms with Crippen LogP contribution in [0.2, 0.25) is 0 Å². The highest BCUT2D eigenvalue weighted by Gasteiger charge is 2.35. The summed E-state index contributed by atoms with van der Waals surface area (Å²) in [4.78, 5) is 3.95. The van der Waals surface area contributed by atoms with E-state index in [1.165, 1.54) is 6.20 Å². The summed E-state index contributed by atoms with van der Waals surface area (Å²) in [5.74, 6) is 0.228. The van der Waals surface area contributed by atoms with Crippen LogP contribution in [0.5, 0.6) is 0 Å². The molecular weight excluding hydrogens is 261 g/mol. The highest BCUT2D eigenvalue weighted by atomic mass is 32.1. The summed E-state index contributed by atoms with van der Waals surface area (Å²) in [7, 11) is 0.